The van der Waals surface area contributed by atoms with E-state index in [1.807, 2.05) is 0 Å². The summed E-state index contributed by atoms with van der Waals surface area (Å²) in [6, 6.07) is 0. The van der Waals surface area contributed by atoms with Gasteiger partial charge in [-0.25, -0.2) is 0 Å². The van der Waals surface area contributed by atoms with E-state index in [0.29, 0.717) is 6.23 Å². The highest BCUT2D eigenvalue weighted by atomic mass is 28.3. The quantitative estimate of drug-likeness (QED) is 0.254. The topological polar surface area (TPSA) is 18.5 Å². The van der Waals surface area contributed by atoms with Crippen molar-refractivity contribution < 1.29 is 27.1 Å². The zero-order valence-corrected chi connectivity index (χ0v) is 8.37. The predicted octanol–water partition coefficient (Wildman–Crippen LogP) is -0.884. The summed E-state index contributed by atoms with van der Waals surface area (Å²) in [5.41, 5.74) is 0. The van der Waals surface area contributed by atoms with Crippen molar-refractivity contribution in [3.8, 4) is 0 Å². The Morgan fingerprint density at radius 1 is 1.30 bits per heavy atom. The molecule has 0 N–H and O–H groups in total. The summed E-state index contributed by atoms with van der Waals surface area (Å²) in [6.45, 7) is 0. The number of hydrogen-bond donors (Lipinski definition) is 0. The maximum atomic E-state index is 11.2. The average Bonchev–Trinajstić information content (AvgIpc) is 1.69. The maximum Gasteiger partial charge on any atom is 0.343 e. The van der Waals surface area contributed by atoms with E-state index in [9.17, 15) is 4.11 Å². The summed E-state index contributed by atoms with van der Waals surface area (Å²) in [5.74, 6) is 0. The van der Waals surface area contributed by atoms with Gasteiger partial charge in [0.25, 0.3) is 0 Å². The highest BCUT2D eigenvalue weighted by Crippen LogP contribution is 1.67. The van der Waals surface area contributed by atoms with Gasteiger partial charge in [0.1, 0.15) is 0 Å². The minimum atomic E-state index is -1.62. The number of methoxy groups -OCH3 is 1. The monoisotopic (exact) mass is 200 g/mol. The first-order valence-corrected chi connectivity index (χ1v) is 4.73. The number of ether oxygens (including phenoxy) is 1. The fourth-order valence-electron chi connectivity index (χ4n) is 0.197. The van der Waals surface area contributed by atoms with E-state index in [4.69, 9.17) is 0 Å². The highest BCUT2D eigenvalue weighted by Gasteiger charge is 1.83. The zero-order valence-electron chi connectivity index (χ0n) is 5.54. The molecule has 0 saturated heterocycles. The lowest BCUT2D eigenvalue weighted by atomic mass is 11.5. The van der Waals surface area contributed by atoms with Gasteiger partial charge in [0, 0.05) is 7.11 Å². The third-order valence-electron chi connectivity index (χ3n) is 0.509. The second kappa shape index (κ2) is 23.0. The predicted molar refractivity (Wildman–Crippen MR) is 38.7 cm³/mol. The van der Waals surface area contributed by atoms with Gasteiger partial charge >= 0.3 is 10.1 Å². The first-order chi connectivity index (χ1) is 3.41. The molecule has 0 bridgehead atoms. The van der Waals surface area contributed by atoms with Crippen molar-refractivity contribution in [2.45, 2.75) is 0 Å². The lowest BCUT2D eigenvalue weighted by Gasteiger charge is -1.93. The lowest BCUT2D eigenvalue weighted by molar-refractivity contribution is 0.243. The van der Waals surface area contributed by atoms with Crippen LogP contribution in [0.4, 0.5) is 18.2 Å². The van der Waals surface area contributed by atoms with Gasteiger partial charge in [0.15, 0.2) is 9.76 Å². The smallest absolute Gasteiger partial charge is 0.343 e. The van der Waals surface area contributed by atoms with E-state index in [2.05, 4.69) is 8.85 Å². The molecule has 0 aromatic carbocycles. The Kier molecular flexibility index (Phi) is 51.7. The van der Waals surface area contributed by atoms with Crippen LogP contribution in [-0.2, 0) is 8.85 Å². The van der Waals surface area contributed by atoms with Gasteiger partial charge in [-0.3, -0.25) is 18.2 Å². The Morgan fingerprint density at radius 2 is 1.80 bits per heavy atom. The fraction of sp³-hybridized carbons (Fsp3) is 1.00. The molecule has 0 aliphatic heterocycles. The van der Waals surface area contributed by atoms with Crippen LogP contribution in [0.1, 0.15) is 0 Å². The normalized spacial score (nSPS) is 9.00. The van der Waals surface area contributed by atoms with Gasteiger partial charge < -0.3 is 8.85 Å². The fourth-order valence-corrected chi connectivity index (χ4v) is 1.27. The van der Waals surface area contributed by atoms with Crippen LogP contribution in [0.5, 0.6) is 0 Å². The summed E-state index contributed by atoms with van der Waals surface area (Å²) in [7, 11) is -0.655. The van der Waals surface area contributed by atoms with Crippen LogP contribution in [-0.4, -0.2) is 33.2 Å². The molecule has 2 nitrogen and oxygen atoms in total. The third-order valence-corrected chi connectivity index (χ3v) is 2.86. The van der Waals surface area contributed by atoms with E-state index < -0.39 is 19.9 Å². The molecule has 0 rings (SSSR count). The van der Waals surface area contributed by atoms with E-state index in [1.54, 1.807) is 7.11 Å². The lowest BCUT2D eigenvalue weighted by Crippen LogP contribution is -2.06. The molecule has 0 aliphatic rings. The molecule has 0 aromatic heterocycles. The molecule has 0 atom stereocenters. The van der Waals surface area contributed by atoms with Gasteiger partial charge in [-0.2, -0.15) is 0 Å². The van der Waals surface area contributed by atoms with Crippen LogP contribution in [0.15, 0.2) is 0 Å². The Morgan fingerprint density at radius 3 is 2.10 bits per heavy atom. The first kappa shape index (κ1) is 22.5. The van der Waals surface area contributed by atoms with Crippen molar-refractivity contribution in [1.82, 2.24) is 0 Å². The molecule has 0 fully saturated rings. The van der Waals surface area contributed by atoms with Crippen LogP contribution in [0, 0.1) is 0 Å². The summed E-state index contributed by atoms with van der Waals surface area (Å²) < 4.78 is 20.4. The van der Waals surface area contributed by atoms with Crippen molar-refractivity contribution in [1.29, 1.82) is 0 Å². The largest absolute Gasteiger partial charge is 0.440 e. The molecule has 0 aromatic rings. The van der Waals surface area contributed by atoms with Crippen LogP contribution >= 0.6 is 0 Å². The van der Waals surface area contributed by atoms with Gasteiger partial charge in [-0.15, -0.1) is 0 Å². The van der Waals surface area contributed by atoms with Crippen molar-refractivity contribution in [3.63, 3.8) is 0 Å². The molecule has 68 valence electrons. The van der Waals surface area contributed by atoms with Gasteiger partial charge in [0.2, 0.25) is 0 Å². The molecule has 10 heavy (non-hydrogen) atoms. The zero-order chi connectivity index (χ0) is 5.54. The molecule has 0 unspecified atom stereocenters. The molecular weight excluding hydrogens is 188 g/mol. The third kappa shape index (κ3) is 24.3. The number of hydrogen-bond acceptors (Lipinski definition) is 2. The van der Waals surface area contributed by atoms with Gasteiger partial charge in [-0.1, -0.05) is 0 Å². The Bertz CT molecular complexity index is 38.4. The van der Waals surface area contributed by atoms with E-state index >= 15 is 0 Å². The van der Waals surface area contributed by atoms with Crippen LogP contribution in [0.25, 0.3) is 0 Å². The molecule has 0 spiro atoms. The maximum absolute atomic E-state index is 11.2. The van der Waals surface area contributed by atoms with Crippen molar-refractivity contribution in [2.24, 2.45) is 0 Å². The van der Waals surface area contributed by atoms with E-state index in [0.717, 1.165) is 0 Å². The Balaban J connectivity index is -0.0000000600. The van der Waals surface area contributed by atoms with Crippen molar-refractivity contribution in [2.75, 3.05) is 13.3 Å². The molecule has 0 saturated carbocycles. The second-order valence-electron chi connectivity index (χ2n) is 1.01. The summed E-state index contributed by atoms with van der Waals surface area (Å²) >= 11 is 0. The molecule has 0 heterocycles. The standard InChI is InChI=1S/C2H9FO2Si2.3FH/c1-4-2-6-5-7-3;;;/h2,6-7H2,1H3;3*1H. The minimum absolute atomic E-state index is 0. The molecule has 0 aliphatic carbocycles. The Hall–Kier alpha value is 0.0738. The van der Waals surface area contributed by atoms with Crippen molar-refractivity contribution >= 4 is 19.9 Å². The summed E-state index contributed by atoms with van der Waals surface area (Å²) in [6.07, 6.45) is 0.636. The first-order valence-electron chi connectivity index (χ1n) is 2.04. The molecule has 8 heteroatoms. The average molecular weight is 200 g/mol. The van der Waals surface area contributed by atoms with E-state index in [-0.39, 0.29) is 14.1 Å². The summed E-state index contributed by atoms with van der Waals surface area (Å²) in [5, 5.41) is 0. The molecular formula is C2H12F4O2Si2. The van der Waals surface area contributed by atoms with Crippen LogP contribution < -0.4 is 0 Å². The second-order valence-corrected chi connectivity index (χ2v) is 3.68. The van der Waals surface area contributed by atoms with E-state index in [1.165, 1.54) is 0 Å². The molecule has 0 radical (unpaired) electrons. The van der Waals surface area contributed by atoms with Gasteiger partial charge in [0.05, 0.1) is 6.23 Å². The molecule has 0 amide bonds. The van der Waals surface area contributed by atoms with Gasteiger partial charge in [-0.05, 0) is 0 Å². The van der Waals surface area contributed by atoms with Crippen LogP contribution in [0.3, 0.4) is 0 Å². The number of rotatable bonds is 4. The minimum Gasteiger partial charge on any atom is -0.440 e. The number of halogens is 4. The van der Waals surface area contributed by atoms with Crippen LogP contribution in [0.2, 0.25) is 0 Å². The SMILES string of the molecule is COC[SiH2]O[SiH2]F.F.F.F. The highest BCUT2D eigenvalue weighted by molar-refractivity contribution is 6.38. The Labute approximate surface area is 61.3 Å². The summed E-state index contributed by atoms with van der Waals surface area (Å²) in [4.78, 5) is 0. The van der Waals surface area contributed by atoms with Crippen molar-refractivity contribution in [3.05, 3.63) is 0 Å².